The fraction of sp³-hybridized carbons (Fsp3) is 0.819. The van der Waals surface area contributed by atoms with Crippen molar-refractivity contribution in [1.29, 1.82) is 0 Å². The number of hydrogen-bond acceptors (Lipinski definition) is 25. The standard InChI is InChI=1S/C94H181N25O17/c1-56(2)46-64(101)81(123)107-66(33-20-26-40-96)84(126)109-68(35-22-28-42-98)86(128)115-76(52-62(13)14)93(135)118-74(50-60(9)10)91(133)112-70(37-24-30-44-100)88(130)116-77(53-63(15)16)94(136)117-73(49-59(7)8)90(132)111-67(34-21-27-41-97)85(127)110-69(36-23-29-43-99)87(129)114-75(51-61(11)12)92(134)113-71(47-57(3)4)83(125)105-55-80(122)106-72(48-58(5)6)89(131)108-65(32-19-25-39-95)82(124)104-54-79(121)103-45-31-17-18-38-78(120)119-102/h56-77H,17-55,95-102H2,1-16H3,(H,103,121)(H,104,124)(H,105,125)(H,106,122)(H,107,123)(H,108,131)(H,109,126)(H,110,127)(H,111,132)(H,112,133)(H,113,134)(H,114,129)(H,115,128)(H,116,130)(H,117,136)(H,118,135)(H,119,120)/t64-,65-,66-,67-,68-,69-,70-,71-,72-,73-,74-,75-,76-,77-/m0/s1. The van der Waals surface area contributed by atoms with E-state index in [1.165, 1.54) is 0 Å². The van der Waals surface area contributed by atoms with Crippen LogP contribution in [-0.4, -0.2) is 244 Å². The molecule has 0 aliphatic rings. The normalized spacial score (nSPS) is 14.6. The molecule has 0 saturated heterocycles. The zero-order valence-electron chi connectivity index (χ0n) is 84.8. The van der Waals surface area contributed by atoms with E-state index in [2.05, 4.69) is 90.5 Å². The average molecular weight is 1930 g/mol. The average Bonchev–Trinajstić information content (AvgIpc) is 0.841. The van der Waals surface area contributed by atoms with Crippen LogP contribution in [0.1, 0.15) is 303 Å². The molecule has 33 N–H and O–H groups in total. The largest absolute Gasteiger partial charge is 0.355 e. The molecule has 0 unspecified atom stereocenters. The Morgan fingerprint density at radius 3 is 0.632 bits per heavy atom. The van der Waals surface area contributed by atoms with Crippen LogP contribution in [0, 0.1) is 47.3 Å². The Kier molecular flexibility index (Phi) is 67.9. The van der Waals surface area contributed by atoms with Gasteiger partial charge in [-0.2, -0.15) is 0 Å². The third kappa shape index (κ3) is 57.8. The van der Waals surface area contributed by atoms with Crippen molar-refractivity contribution in [3.8, 4) is 0 Å². The summed E-state index contributed by atoms with van der Waals surface area (Å²) in [5.74, 6) is -7.90. The highest BCUT2D eigenvalue weighted by Gasteiger charge is 2.39. The maximum absolute atomic E-state index is 14.9. The van der Waals surface area contributed by atoms with Gasteiger partial charge in [-0.1, -0.05) is 117 Å². The second-order valence-corrected chi connectivity index (χ2v) is 39.4. The molecule has 0 bridgehead atoms. The number of hydrogen-bond donors (Lipinski definition) is 25. The monoisotopic (exact) mass is 1930 g/mol. The van der Waals surface area contributed by atoms with Crippen molar-refractivity contribution < 1.29 is 81.5 Å². The maximum Gasteiger partial charge on any atom is 0.243 e. The van der Waals surface area contributed by atoms with Crippen LogP contribution in [0.3, 0.4) is 0 Å². The predicted molar refractivity (Wildman–Crippen MR) is 526 cm³/mol. The summed E-state index contributed by atoms with van der Waals surface area (Å²) >= 11 is 0. The van der Waals surface area contributed by atoms with Gasteiger partial charge in [-0.25, -0.2) is 5.84 Å². The maximum atomic E-state index is 14.9. The molecule has 0 aliphatic heterocycles. The number of nitrogens with one attached hydrogen (secondary N) is 17. The Hall–Kier alpha value is -9.33. The Bertz CT molecular complexity index is 3580. The van der Waals surface area contributed by atoms with Gasteiger partial charge in [0.05, 0.1) is 19.1 Å². The van der Waals surface area contributed by atoms with Crippen LogP contribution in [0.2, 0.25) is 0 Å². The van der Waals surface area contributed by atoms with Gasteiger partial charge in [-0.05, 0) is 266 Å². The summed E-state index contributed by atoms with van der Waals surface area (Å²) in [6.07, 6.45) is 8.61. The van der Waals surface area contributed by atoms with Crippen LogP contribution in [-0.2, 0) is 81.5 Å². The van der Waals surface area contributed by atoms with E-state index in [4.69, 9.17) is 46.0 Å². The van der Waals surface area contributed by atoms with Gasteiger partial charge in [-0.3, -0.25) is 86.9 Å². The molecule has 0 aromatic carbocycles. The number of unbranched alkanes of at least 4 members (excludes halogenated alkanes) is 8. The highest BCUT2D eigenvalue weighted by Crippen LogP contribution is 2.19. The van der Waals surface area contributed by atoms with Crippen LogP contribution in [0.4, 0.5) is 0 Å². The Morgan fingerprint density at radius 2 is 0.397 bits per heavy atom. The minimum atomic E-state index is -1.33. The Labute approximate surface area is 808 Å². The SMILES string of the molecule is CC(C)C[C@H](NC(=O)CNC(=O)[C@H](CC(C)C)NC(=O)[C@H](CC(C)C)NC(=O)[C@H](CCCCN)NC(=O)[C@H](CCCCN)NC(=O)[C@H](CC(C)C)NC(=O)[C@H](CC(C)C)NC(=O)[C@H](CCCCN)NC(=O)[C@H](CC(C)C)NC(=O)[C@H](CC(C)C)NC(=O)[C@H](CCCCN)NC(=O)[C@H](CCCCN)NC(=O)[C@@H](N)CC(C)C)C(=O)N[C@@H](CCCCN)C(=O)NCC(=O)NCCCCCC(=O)NN. The molecule has 0 aromatic rings. The molecule has 0 fully saturated rings. The van der Waals surface area contributed by atoms with Crippen molar-refractivity contribution >= 4 is 100 Å². The number of carbonyl (C=O) groups excluding carboxylic acids is 17. The van der Waals surface area contributed by atoms with Crippen molar-refractivity contribution in [1.82, 2.24) is 90.5 Å². The number of nitrogens with two attached hydrogens (primary N) is 8. The lowest BCUT2D eigenvalue weighted by atomic mass is 9.98. The second-order valence-electron chi connectivity index (χ2n) is 39.4. The second kappa shape index (κ2) is 72.9. The quantitative estimate of drug-likeness (QED) is 0.0160. The summed E-state index contributed by atoms with van der Waals surface area (Å²) in [5, 5.41) is 44.2. The lowest BCUT2D eigenvalue weighted by Gasteiger charge is -2.30. The molecule has 0 aromatic heterocycles. The van der Waals surface area contributed by atoms with E-state index in [0.29, 0.717) is 129 Å². The molecule has 17 amide bonds. The van der Waals surface area contributed by atoms with E-state index in [0.717, 1.165) is 0 Å². The molecule has 136 heavy (non-hydrogen) atoms. The molecule has 0 rings (SSSR count). The van der Waals surface area contributed by atoms with E-state index in [1.807, 2.05) is 111 Å². The number of amides is 17. The fourth-order valence-corrected chi connectivity index (χ4v) is 15.2. The van der Waals surface area contributed by atoms with E-state index >= 15 is 0 Å². The summed E-state index contributed by atoms with van der Waals surface area (Å²) in [6, 6.07) is -17.1. The topological polar surface area (TPSA) is 703 Å². The van der Waals surface area contributed by atoms with Gasteiger partial charge in [0.2, 0.25) is 100 Å². The van der Waals surface area contributed by atoms with Crippen LogP contribution in [0.25, 0.3) is 0 Å². The van der Waals surface area contributed by atoms with E-state index in [1.54, 1.807) is 0 Å². The number of rotatable bonds is 77. The third-order valence-electron chi connectivity index (χ3n) is 22.4. The van der Waals surface area contributed by atoms with Crippen LogP contribution in [0.5, 0.6) is 0 Å². The summed E-state index contributed by atoms with van der Waals surface area (Å²) in [4.78, 5) is 240. The summed E-state index contributed by atoms with van der Waals surface area (Å²) in [5.41, 5.74) is 43.5. The molecule has 0 radical (unpaired) electrons. The molecular formula is C94H181N25O17. The first-order chi connectivity index (χ1) is 64.2. The molecular weight excluding hydrogens is 1750 g/mol. The first kappa shape index (κ1) is 127. The first-order valence-corrected chi connectivity index (χ1v) is 49.9. The number of carbonyl (C=O) groups is 17. The highest BCUT2D eigenvalue weighted by molar-refractivity contribution is 6.00. The molecule has 0 spiro atoms. The van der Waals surface area contributed by atoms with Crippen LogP contribution in [0.15, 0.2) is 0 Å². The fourth-order valence-electron chi connectivity index (χ4n) is 15.2. The summed E-state index contributed by atoms with van der Waals surface area (Å²) in [7, 11) is 0. The molecule has 42 heteroatoms. The van der Waals surface area contributed by atoms with Gasteiger partial charge in [0.25, 0.3) is 0 Å². The van der Waals surface area contributed by atoms with E-state index < -0.39 is 186 Å². The van der Waals surface area contributed by atoms with E-state index in [9.17, 15) is 81.5 Å². The summed E-state index contributed by atoms with van der Waals surface area (Å²) in [6.45, 7) is 30.2. The van der Waals surface area contributed by atoms with Crippen LogP contribution < -0.4 is 136 Å². The van der Waals surface area contributed by atoms with Gasteiger partial charge in [-0.15, -0.1) is 0 Å². The van der Waals surface area contributed by atoms with Crippen molar-refractivity contribution in [3.05, 3.63) is 0 Å². The Balaban J connectivity index is 7.19. The van der Waals surface area contributed by atoms with Gasteiger partial charge in [0.15, 0.2) is 0 Å². The molecule has 14 atom stereocenters. The van der Waals surface area contributed by atoms with Crippen molar-refractivity contribution in [2.45, 2.75) is 388 Å². The molecule has 0 aliphatic carbocycles. The molecule has 0 saturated carbocycles. The Morgan fingerprint density at radius 1 is 0.199 bits per heavy atom. The van der Waals surface area contributed by atoms with Gasteiger partial charge < -0.3 is 125 Å². The minimum absolute atomic E-state index is 0.0142. The molecule has 784 valence electrons. The lowest BCUT2D eigenvalue weighted by Crippen LogP contribution is -2.61. The lowest BCUT2D eigenvalue weighted by molar-refractivity contribution is -0.137. The molecule has 0 heterocycles. The smallest absolute Gasteiger partial charge is 0.243 e. The zero-order chi connectivity index (χ0) is 103. The van der Waals surface area contributed by atoms with Crippen molar-refractivity contribution in [2.24, 2.45) is 93.3 Å². The van der Waals surface area contributed by atoms with Crippen molar-refractivity contribution in [3.63, 3.8) is 0 Å². The van der Waals surface area contributed by atoms with Crippen molar-refractivity contribution in [2.75, 3.05) is 58.9 Å². The van der Waals surface area contributed by atoms with Crippen LogP contribution >= 0.6 is 0 Å². The van der Waals surface area contributed by atoms with Gasteiger partial charge in [0.1, 0.15) is 78.5 Å². The predicted octanol–water partition coefficient (Wildman–Crippen LogP) is -0.342. The highest BCUT2D eigenvalue weighted by atomic mass is 16.2. The minimum Gasteiger partial charge on any atom is -0.355 e. The van der Waals surface area contributed by atoms with Gasteiger partial charge >= 0.3 is 0 Å². The zero-order valence-corrected chi connectivity index (χ0v) is 84.8. The third-order valence-corrected chi connectivity index (χ3v) is 22.4. The summed E-state index contributed by atoms with van der Waals surface area (Å²) < 4.78 is 0. The molecule has 42 nitrogen and oxygen atoms in total. The first-order valence-electron chi connectivity index (χ1n) is 49.9. The van der Waals surface area contributed by atoms with Gasteiger partial charge in [0, 0.05) is 13.0 Å². The number of hydrazine groups is 1. The van der Waals surface area contributed by atoms with E-state index in [-0.39, 0.29) is 169 Å².